The normalized spacial score (nSPS) is 16.1. The molecule has 5 N–H and O–H groups in total. The number of rotatable bonds is 5. The van der Waals surface area contributed by atoms with Crippen molar-refractivity contribution in [3.05, 3.63) is 39.6 Å². The summed E-state index contributed by atoms with van der Waals surface area (Å²) in [5.41, 5.74) is 11.7. The molecule has 220 valence electrons. The third-order valence-electron chi connectivity index (χ3n) is 6.58. The van der Waals surface area contributed by atoms with Crippen molar-refractivity contribution < 1.29 is 9.59 Å². The number of fused-ring (bicyclic) bond motifs is 2. The molecule has 0 aromatic carbocycles. The molecule has 0 radical (unpaired) electrons. The van der Waals surface area contributed by atoms with Crippen molar-refractivity contribution in [2.24, 2.45) is 11.5 Å². The van der Waals surface area contributed by atoms with Crippen LogP contribution in [0, 0.1) is 0 Å². The Morgan fingerprint density at radius 3 is 1.83 bits per heavy atom. The topological polar surface area (TPSA) is 159 Å². The predicted octanol–water partition coefficient (Wildman–Crippen LogP) is 1.36. The zero-order valence-electron chi connectivity index (χ0n) is 23.2. The van der Waals surface area contributed by atoms with Crippen LogP contribution in [0.2, 0.25) is 5.28 Å². The van der Waals surface area contributed by atoms with Gasteiger partial charge in [0.2, 0.25) is 23.0 Å². The van der Waals surface area contributed by atoms with Crippen LogP contribution in [0.4, 0.5) is 5.95 Å². The first kappa shape index (κ1) is 30.9. The molecule has 2 saturated heterocycles. The fourth-order valence-corrected chi connectivity index (χ4v) is 6.12. The Morgan fingerprint density at radius 1 is 0.805 bits per heavy atom. The number of halogens is 1. The van der Waals surface area contributed by atoms with Gasteiger partial charge in [-0.05, 0) is 48.6 Å². The standard InChI is InChI=1S/C13H17N5OS.C8H6ClN3OS.C5H12N2/c1-17-3-5-18(6-4-17)13-15-10(8-11(14)19)9-2-7-20-12(9)16-13;9-8-11-5(3-6(10)13)4-1-2-14-7(4)12-8;1-7-4-2-6-3-5-7/h2,7H,3-6,8H2,1H3,(H2,14,19);1-2H,3H2,(H2,10,13);6H,2-5H2,1H3. The van der Waals surface area contributed by atoms with Gasteiger partial charge < -0.3 is 31.5 Å². The monoisotopic (exact) mass is 618 g/mol. The number of amides is 2. The number of nitrogens with two attached hydrogens (primary N) is 2. The number of carbonyl (C=O) groups is 2. The van der Waals surface area contributed by atoms with E-state index in [0.717, 1.165) is 65.4 Å². The summed E-state index contributed by atoms with van der Waals surface area (Å²) >= 11 is 8.72. The maximum Gasteiger partial charge on any atom is 0.227 e. The van der Waals surface area contributed by atoms with E-state index in [1.807, 2.05) is 22.9 Å². The molecule has 2 aliphatic rings. The summed E-state index contributed by atoms with van der Waals surface area (Å²) in [6, 6.07) is 3.81. The number of nitrogens with one attached hydrogen (secondary N) is 1. The number of carbonyl (C=O) groups excluding carboxylic acids is 2. The van der Waals surface area contributed by atoms with E-state index in [9.17, 15) is 9.59 Å². The molecule has 2 aliphatic heterocycles. The fraction of sp³-hybridized carbons (Fsp3) is 0.462. The molecule has 15 heteroatoms. The molecule has 4 aromatic heterocycles. The Labute approximate surface area is 251 Å². The predicted molar refractivity (Wildman–Crippen MR) is 166 cm³/mol. The lowest BCUT2D eigenvalue weighted by Crippen LogP contribution is -2.45. The van der Waals surface area contributed by atoms with Crippen molar-refractivity contribution in [2.45, 2.75) is 12.8 Å². The van der Waals surface area contributed by atoms with Gasteiger partial charge in [0.15, 0.2) is 0 Å². The SMILES string of the molecule is CN1CCN(c2nc(CC(N)=O)c3ccsc3n2)CC1.CN1CCNCC1.NC(=O)Cc1nc(Cl)nc2sccc12. The smallest absolute Gasteiger partial charge is 0.227 e. The van der Waals surface area contributed by atoms with Crippen LogP contribution in [0.1, 0.15) is 11.4 Å². The molecular formula is C26H35ClN10O2S2. The Morgan fingerprint density at radius 2 is 1.32 bits per heavy atom. The van der Waals surface area contributed by atoms with Gasteiger partial charge in [0, 0.05) is 63.1 Å². The lowest BCUT2D eigenvalue weighted by atomic mass is 10.2. The number of anilines is 1. The number of thiophene rings is 2. The summed E-state index contributed by atoms with van der Waals surface area (Å²) in [5.74, 6) is -0.0721. The van der Waals surface area contributed by atoms with E-state index in [1.54, 1.807) is 11.3 Å². The lowest BCUT2D eigenvalue weighted by molar-refractivity contribution is -0.118. The molecular weight excluding hydrogens is 584 g/mol. The van der Waals surface area contributed by atoms with Crippen LogP contribution >= 0.6 is 34.3 Å². The first-order chi connectivity index (χ1) is 19.7. The van der Waals surface area contributed by atoms with Crippen LogP contribution < -0.4 is 21.7 Å². The molecule has 0 atom stereocenters. The molecule has 6 heterocycles. The average Bonchev–Trinajstić information content (AvgIpc) is 3.60. The molecule has 0 bridgehead atoms. The van der Waals surface area contributed by atoms with Gasteiger partial charge in [-0.2, -0.15) is 0 Å². The van der Waals surface area contributed by atoms with Crippen LogP contribution in [0.5, 0.6) is 0 Å². The number of nitrogens with zero attached hydrogens (tertiary/aromatic N) is 7. The van der Waals surface area contributed by atoms with Crippen molar-refractivity contribution in [3.8, 4) is 0 Å². The molecule has 6 rings (SSSR count). The number of hydrogen-bond donors (Lipinski definition) is 3. The van der Waals surface area contributed by atoms with Gasteiger partial charge in [-0.25, -0.2) is 19.9 Å². The second-order valence-electron chi connectivity index (χ2n) is 9.82. The van der Waals surface area contributed by atoms with Crippen molar-refractivity contribution in [1.29, 1.82) is 0 Å². The maximum atomic E-state index is 11.2. The minimum Gasteiger partial charge on any atom is -0.369 e. The second-order valence-corrected chi connectivity index (χ2v) is 11.9. The quantitative estimate of drug-likeness (QED) is 0.279. The molecule has 0 saturated carbocycles. The van der Waals surface area contributed by atoms with E-state index in [-0.39, 0.29) is 24.0 Å². The lowest BCUT2D eigenvalue weighted by Gasteiger charge is -2.32. The zero-order valence-corrected chi connectivity index (χ0v) is 25.6. The number of aromatic nitrogens is 4. The van der Waals surface area contributed by atoms with Crippen LogP contribution in [0.15, 0.2) is 22.9 Å². The highest BCUT2D eigenvalue weighted by molar-refractivity contribution is 7.17. The summed E-state index contributed by atoms with van der Waals surface area (Å²) < 4.78 is 0. The average molecular weight is 619 g/mol. The number of primary amides is 2. The summed E-state index contributed by atoms with van der Waals surface area (Å²) in [6.45, 7) is 8.55. The molecule has 0 unspecified atom stereocenters. The first-order valence-corrected chi connectivity index (χ1v) is 15.4. The third kappa shape index (κ3) is 8.99. The molecule has 0 spiro atoms. The summed E-state index contributed by atoms with van der Waals surface area (Å²) in [6.07, 6.45) is 0.256. The van der Waals surface area contributed by atoms with Crippen LogP contribution in [0.25, 0.3) is 20.4 Å². The molecule has 2 fully saturated rings. The Balaban J connectivity index is 0.000000159. The van der Waals surface area contributed by atoms with Gasteiger partial charge >= 0.3 is 0 Å². The van der Waals surface area contributed by atoms with Crippen molar-refractivity contribution in [2.75, 3.05) is 71.4 Å². The highest BCUT2D eigenvalue weighted by Gasteiger charge is 2.19. The maximum absolute atomic E-state index is 11.2. The van der Waals surface area contributed by atoms with E-state index in [1.165, 1.54) is 24.4 Å². The van der Waals surface area contributed by atoms with E-state index in [2.05, 4.69) is 54.0 Å². The van der Waals surface area contributed by atoms with Gasteiger partial charge in [0.25, 0.3) is 0 Å². The minimum absolute atomic E-state index is 0.0927. The Hall–Kier alpha value is -3.01. The van der Waals surface area contributed by atoms with Gasteiger partial charge in [-0.3, -0.25) is 9.59 Å². The van der Waals surface area contributed by atoms with Crippen molar-refractivity contribution in [3.63, 3.8) is 0 Å². The van der Waals surface area contributed by atoms with Crippen molar-refractivity contribution >= 4 is 72.5 Å². The Kier molecular flexibility index (Phi) is 11.1. The van der Waals surface area contributed by atoms with Crippen LogP contribution in [-0.4, -0.2) is 108 Å². The molecule has 12 nitrogen and oxygen atoms in total. The van der Waals surface area contributed by atoms with Gasteiger partial charge in [0.1, 0.15) is 9.66 Å². The van der Waals surface area contributed by atoms with Gasteiger partial charge in [0.05, 0.1) is 24.2 Å². The van der Waals surface area contributed by atoms with Gasteiger partial charge in [-0.1, -0.05) is 0 Å². The second kappa shape index (κ2) is 14.8. The minimum atomic E-state index is -0.424. The highest BCUT2D eigenvalue weighted by Crippen LogP contribution is 2.25. The first-order valence-electron chi connectivity index (χ1n) is 13.2. The summed E-state index contributed by atoms with van der Waals surface area (Å²) in [5, 5.41) is 9.05. The van der Waals surface area contributed by atoms with Gasteiger partial charge in [-0.15, -0.1) is 22.7 Å². The molecule has 4 aromatic rings. The van der Waals surface area contributed by atoms with Crippen LogP contribution in [0.3, 0.4) is 0 Å². The zero-order chi connectivity index (χ0) is 29.4. The third-order valence-corrected chi connectivity index (χ3v) is 8.36. The molecule has 0 aliphatic carbocycles. The van der Waals surface area contributed by atoms with E-state index < -0.39 is 5.91 Å². The summed E-state index contributed by atoms with van der Waals surface area (Å²) in [4.78, 5) is 47.6. The number of hydrogen-bond acceptors (Lipinski definition) is 12. The van der Waals surface area contributed by atoms with Crippen molar-refractivity contribution in [1.82, 2.24) is 35.1 Å². The Bertz CT molecular complexity index is 1470. The van der Waals surface area contributed by atoms with Crippen LogP contribution in [-0.2, 0) is 22.4 Å². The van der Waals surface area contributed by atoms with E-state index in [0.29, 0.717) is 11.6 Å². The highest BCUT2D eigenvalue weighted by atomic mass is 35.5. The largest absolute Gasteiger partial charge is 0.369 e. The number of piperazine rings is 2. The fourth-order valence-electron chi connectivity index (χ4n) is 4.32. The van der Waals surface area contributed by atoms with E-state index >= 15 is 0 Å². The van der Waals surface area contributed by atoms with E-state index in [4.69, 9.17) is 23.1 Å². The number of likely N-dealkylation sites (N-methyl/N-ethyl adjacent to an activating group) is 2. The molecule has 2 amide bonds. The molecule has 41 heavy (non-hydrogen) atoms. The summed E-state index contributed by atoms with van der Waals surface area (Å²) in [7, 11) is 4.26.